The van der Waals surface area contributed by atoms with Crippen molar-refractivity contribution in [3.8, 4) is 0 Å². The molecule has 0 saturated heterocycles. The Morgan fingerprint density at radius 3 is 2.14 bits per heavy atom. The van der Waals surface area contributed by atoms with E-state index in [1.807, 2.05) is 20.8 Å². The lowest BCUT2D eigenvalue weighted by Gasteiger charge is -2.22. The molecule has 0 radical (unpaired) electrons. The number of nitrogens with one attached hydrogen (secondary N) is 1. The highest BCUT2D eigenvalue weighted by Crippen LogP contribution is 2.09. The van der Waals surface area contributed by atoms with Gasteiger partial charge in [0, 0.05) is 12.0 Å². The molecule has 0 aromatic heterocycles. The second-order valence-corrected chi connectivity index (χ2v) is 4.02. The predicted molar refractivity (Wildman–Crippen MR) is 59.9 cm³/mol. The molecule has 2 atom stereocenters. The Hall–Kier alpha value is -0.570. The summed E-state index contributed by atoms with van der Waals surface area (Å²) in [4.78, 5) is 11.7. The van der Waals surface area contributed by atoms with Gasteiger partial charge in [0.2, 0.25) is 5.91 Å². The fourth-order valence-electron chi connectivity index (χ4n) is 1.35. The van der Waals surface area contributed by atoms with Crippen LogP contribution in [0.2, 0.25) is 0 Å². The number of nitrogens with two attached hydrogens (primary N) is 1. The summed E-state index contributed by atoms with van der Waals surface area (Å²) in [5.74, 6) is 0.665. The van der Waals surface area contributed by atoms with E-state index in [1.54, 1.807) is 0 Å². The Labute approximate surface area is 87.4 Å². The zero-order valence-corrected chi connectivity index (χ0v) is 9.84. The van der Waals surface area contributed by atoms with Crippen molar-refractivity contribution in [3.63, 3.8) is 0 Å². The van der Waals surface area contributed by atoms with Crippen molar-refractivity contribution in [2.45, 2.75) is 46.6 Å². The van der Waals surface area contributed by atoms with Gasteiger partial charge in [-0.3, -0.25) is 4.79 Å². The van der Waals surface area contributed by atoms with Gasteiger partial charge in [0.25, 0.3) is 0 Å². The predicted octanol–water partition coefficient (Wildman–Crippen LogP) is 1.52. The summed E-state index contributed by atoms with van der Waals surface area (Å²) >= 11 is 0. The minimum absolute atomic E-state index is 0.155. The van der Waals surface area contributed by atoms with Crippen molar-refractivity contribution in [2.75, 3.05) is 6.54 Å². The Bertz CT molecular complexity index is 167. The zero-order valence-electron chi connectivity index (χ0n) is 9.84. The Morgan fingerprint density at radius 1 is 1.29 bits per heavy atom. The highest BCUT2D eigenvalue weighted by atomic mass is 16.1. The van der Waals surface area contributed by atoms with Gasteiger partial charge in [-0.05, 0) is 32.2 Å². The summed E-state index contributed by atoms with van der Waals surface area (Å²) < 4.78 is 0. The summed E-state index contributed by atoms with van der Waals surface area (Å²) in [5.41, 5.74) is 5.54. The van der Waals surface area contributed by atoms with Crippen LogP contribution in [-0.2, 0) is 4.79 Å². The van der Waals surface area contributed by atoms with Crippen LogP contribution in [0.1, 0.15) is 40.5 Å². The maximum absolute atomic E-state index is 11.7. The first-order valence-electron chi connectivity index (χ1n) is 5.57. The molecule has 0 aliphatic heterocycles. The minimum Gasteiger partial charge on any atom is -0.353 e. The summed E-state index contributed by atoms with van der Waals surface area (Å²) in [6.45, 7) is 8.77. The third-order valence-electron chi connectivity index (χ3n) is 2.95. The molecule has 0 bridgehead atoms. The Balaban J connectivity index is 4.03. The second-order valence-electron chi connectivity index (χ2n) is 4.02. The molecule has 0 aliphatic rings. The van der Waals surface area contributed by atoms with Crippen molar-refractivity contribution in [1.29, 1.82) is 0 Å². The minimum atomic E-state index is 0.155. The third kappa shape index (κ3) is 4.09. The molecule has 0 spiro atoms. The van der Waals surface area contributed by atoms with Gasteiger partial charge in [-0.15, -0.1) is 0 Å². The van der Waals surface area contributed by atoms with Gasteiger partial charge in [0.05, 0.1) is 0 Å². The van der Waals surface area contributed by atoms with Crippen LogP contribution in [0.4, 0.5) is 0 Å². The average molecular weight is 200 g/mol. The fraction of sp³-hybridized carbons (Fsp3) is 0.909. The van der Waals surface area contributed by atoms with Crippen LogP contribution in [0, 0.1) is 11.8 Å². The largest absolute Gasteiger partial charge is 0.353 e. The van der Waals surface area contributed by atoms with E-state index in [9.17, 15) is 4.79 Å². The molecule has 3 N–H and O–H groups in total. The van der Waals surface area contributed by atoms with Gasteiger partial charge >= 0.3 is 0 Å². The molecule has 0 heterocycles. The van der Waals surface area contributed by atoms with E-state index in [-0.39, 0.29) is 17.9 Å². The molecule has 0 fully saturated rings. The highest BCUT2D eigenvalue weighted by Gasteiger charge is 2.18. The van der Waals surface area contributed by atoms with Gasteiger partial charge in [0.15, 0.2) is 0 Å². The molecular formula is C11H24N2O. The number of carbonyl (C=O) groups excluding carboxylic acids is 1. The molecule has 0 aliphatic carbocycles. The number of hydrogen-bond donors (Lipinski definition) is 2. The third-order valence-corrected chi connectivity index (χ3v) is 2.95. The van der Waals surface area contributed by atoms with Crippen molar-refractivity contribution in [3.05, 3.63) is 0 Å². The van der Waals surface area contributed by atoms with Crippen LogP contribution in [0.3, 0.4) is 0 Å². The van der Waals surface area contributed by atoms with Crippen molar-refractivity contribution in [1.82, 2.24) is 5.32 Å². The molecule has 0 aromatic rings. The van der Waals surface area contributed by atoms with E-state index in [2.05, 4.69) is 12.2 Å². The van der Waals surface area contributed by atoms with Crippen molar-refractivity contribution < 1.29 is 4.79 Å². The molecule has 3 nitrogen and oxygen atoms in total. The van der Waals surface area contributed by atoms with E-state index in [4.69, 9.17) is 5.73 Å². The lowest BCUT2D eigenvalue weighted by molar-refractivity contribution is -0.126. The number of rotatable bonds is 6. The van der Waals surface area contributed by atoms with E-state index >= 15 is 0 Å². The highest BCUT2D eigenvalue weighted by molar-refractivity contribution is 5.78. The van der Waals surface area contributed by atoms with Crippen LogP contribution < -0.4 is 11.1 Å². The summed E-state index contributed by atoms with van der Waals surface area (Å²) in [6, 6.07) is 0.174. The maximum atomic E-state index is 11.7. The van der Waals surface area contributed by atoms with Gasteiger partial charge in [-0.2, -0.15) is 0 Å². The molecule has 0 saturated carbocycles. The maximum Gasteiger partial charge on any atom is 0.223 e. The lowest BCUT2D eigenvalue weighted by Crippen LogP contribution is -2.42. The average Bonchev–Trinajstić information content (AvgIpc) is 2.18. The number of amides is 1. The van der Waals surface area contributed by atoms with Crippen LogP contribution in [0.25, 0.3) is 0 Å². The molecule has 2 unspecified atom stereocenters. The molecule has 0 rings (SSSR count). The van der Waals surface area contributed by atoms with Crippen LogP contribution in [0.15, 0.2) is 0 Å². The van der Waals surface area contributed by atoms with Crippen LogP contribution in [0.5, 0.6) is 0 Å². The molecular weight excluding hydrogens is 176 g/mol. The molecule has 3 heteroatoms. The van der Waals surface area contributed by atoms with Gasteiger partial charge < -0.3 is 11.1 Å². The van der Waals surface area contributed by atoms with Crippen molar-refractivity contribution in [2.24, 2.45) is 17.6 Å². The second kappa shape index (κ2) is 6.82. The van der Waals surface area contributed by atoms with Crippen LogP contribution in [-0.4, -0.2) is 18.5 Å². The van der Waals surface area contributed by atoms with Crippen LogP contribution >= 0.6 is 0 Å². The van der Waals surface area contributed by atoms with E-state index < -0.39 is 0 Å². The monoisotopic (exact) mass is 200 g/mol. The Kier molecular flexibility index (Phi) is 6.54. The smallest absolute Gasteiger partial charge is 0.223 e. The lowest BCUT2D eigenvalue weighted by atomic mass is 9.99. The molecule has 1 amide bonds. The van der Waals surface area contributed by atoms with E-state index in [0.29, 0.717) is 12.5 Å². The summed E-state index contributed by atoms with van der Waals surface area (Å²) in [7, 11) is 0. The summed E-state index contributed by atoms with van der Waals surface area (Å²) in [5, 5.41) is 3.01. The van der Waals surface area contributed by atoms with Gasteiger partial charge in [0.1, 0.15) is 0 Å². The topological polar surface area (TPSA) is 55.1 Å². The molecule has 84 valence electrons. The first kappa shape index (κ1) is 13.4. The van der Waals surface area contributed by atoms with Gasteiger partial charge in [-0.25, -0.2) is 0 Å². The van der Waals surface area contributed by atoms with Gasteiger partial charge in [-0.1, -0.05) is 20.8 Å². The normalized spacial score (nSPS) is 15.3. The van der Waals surface area contributed by atoms with E-state index in [0.717, 1.165) is 12.8 Å². The number of hydrogen-bond acceptors (Lipinski definition) is 2. The molecule has 14 heavy (non-hydrogen) atoms. The summed E-state index contributed by atoms with van der Waals surface area (Å²) in [6.07, 6.45) is 1.82. The zero-order chi connectivity index (χ0) is 11.1. The standard InChI is InChI=1S/C11H24N2O/c1-5-10(6-2)11(14)13-9(4)8(3)7-12/h8-10H,5-7,12H2,1-4H3,(H,13,14). The quantitative estimate of drug-likeness (QED) is 0.683. The number of carbonyl (C=O) groups is 1. The van der Waals surface area contributed by atoms with Crippen molar-refractivity contribution >= 4 is 5.91 Å². The Morgan fingerprint density at radius 2 is 1.79 bits per heavy atom. The first-order chi connectivity index (χ1) is 6.56. The van der Waals surface area contributed by atoms with E-state index in [1.165, 1.54) is 0 Å². The fourth-order valence-corrected chi connectivity index (χ4v) is 1.35. The molecule has 0 aromatic carbocycles. The SMILES string of the molecule is CCC(CC)C(=O)NC(C)C(C)CN. The first-order valence-corrected chi connectivity index (χ1v) is 5.57.